The minimum absolute atomic E-state index is 0.0133. The predicted octanol–water partition coefficient (Wildman–Crippen LogP) is 3.70. The molecule has 0 aliphatic heterocycles. The molecule has 0 saturated carbocycles. The molecule has 0 spiro atoms. The van der Waals surface area contributed by atoms with Crippen LogP contribution >= 0.6 is 23.2 Å². The number of sulfonamides is 1. The second-order valence-electron chi connectivity index (χ2n) is 5.36. The van der Waals surface area contributed by atoms with Crippen LogP contribution in [0.3, 0.4) is 0 Å². The maximum absolute atomic E-state index is 12.4. The van der Waals surface area contributed by atoms with E-state index in [1.54, 1.807) is 12.1 Å². The molecule has 2 aromatic rings. The highest BCUT2D eigenvalue weighted by Gasteiger charge is 2.23. The Balaban J connectivity index is 2.13. The van der Waals surface area contributed by atoms with Crippen molar-refractivity contribution in [3.63, 3.8) is 0 Å². The zero-order valence-electron chi connectivity index (χ0n) is 14.1. The van der Waals surface area contributed by atoms with Crippen molar-refractivity contribution in [1.82, 2.24) is 4.72 Å². The standard InChI is InChI=1S/C17H18Cl2N2O4S/c1-3-25-16-9-6-13(19)10-15(16)20-17(22)11(2)21-26(23,24)14-7-4-12(18)5-8-14/h4-11,21H,3H2,1-2H3,(H,20,22)/t11-/m0/s1. The largest absolute Gasteiger partial charge is 0.492 e. The summed E-state index contributed by atoms with van der Waals surface area (Å²) >= 11 is 11.7. The maximum atomic E-state index is 12.4. The lowest BCUT2D eigenvalue weighted by Crippen LogP contribution is -2.41. The van der Waals surface area contributed by atoms with Gasteiger partial charge in [0.05, 0.1) is 23.2 Å². The molecule has 0 saturated heterocycles. The summed E-state index contributed by atoms with van der Waals surface area (Å²) in [6.07, 6.45) is 0. The van der Waals surface area contributed by atoms with Crippen LogP contribution in [0.5, 0.6) is 5.75 Å². The normalized spacial score (nSPS) is 12.5. The molecule has 26 heavy (non-hydrogen) atoms. The van der Waals surface area contributed by atoms with E-state index in [2.05, 4.69) is 10.0 Å². The number of nitrogens with one attached hydrogen (secondary N) is 2. The Bertz CT molecular complexity index is 886. The van der Waals surface area contributed by atoms with E-state index in [-0.39, 0.29) is 4.90 Å². The Morgan fingerprint density at radius 1 is 1.12 bits per heavy atom. The van der Waals surface area contributed by atoms with Crippen molar-refractivity contribution in [3.8, 4) is 5.75 Å². The van der Waals surface area contributed by atoms with Gasteiger partial charge < -0.3 is 10.1 Å². The first kappa shape index (κ1) is 20.5. The molecule has 0 aromatic heterocycles. The van der Waals surface area contributed by atoms with Crippen LogP contribution in [0.25, 0.3) is 0 Å². The summed E-state index contributed by atoms with van der Waals surface area (Å²) in [7, 11) is -3.87. The van der Waals surface area contributed by atoms with E-state index in [4.69, 9.17) is 27.9 Å². The summed E-state index contributed by atoms with van der Waals surface area (Å²) in [6, 6.07) is 9.41. The number of hydrogen-bond donors (Lipinski definition) is 2. The van der Waals surface area contributed by atoms with Gasteiger partial charge in [0.1, 0.15) is 5.75 Å². The monoisotopic (exact) mass is 416 g/mol. The molecule has 6 nitrogen and oxygen atoms in total. The first-order chi connectivity index (χ1) is 12.2. The summed E-state index contributed by atoms with van der Waals surface area (Å²) in [5.74, 6) is -0.108. The Morgan fingerprint density at radius 2 is 1.73 bits per heavy atom. The highest BCUT2D eigenvalue weighted by Crippen LogP contribution is 2.28. The van der Waals surface area contributed by atoms with E-state index in [0.717, 1.165) is 0 Å². The molecule has 2 rings (SSSR count). The van der Waals surface area contributed by atoms with Gasteiger partial charge in [-0.25, -0.2) is 8.42 Å². The average molecular weight is 417 g/mol. The number of halogens is 2. The van der Waals surface area contributed by atoms with Gasteiger partial charge in [-0.05, 0) is 56.3 Å². The van der Waals surface area contributed by atoms with Crippen molar-refractivity contribution >= 4 is 44.8 Å². The van der Waals surface area contributed by atoms with E-state index >= 15 is 0 Å². The molecule has 9 heteroatoms. The number of carbonyl (C=O) groups is 1. The quantitative estimate of drug-likeness (QED) is 0.720. The molecule has 1 atom stereocenters. The predicted molar refractivity (Wildman–Crippen MR) is 102 cm³/mol. The van der Waals surface area contributed by atoms with E-state index in [9.17, 15) is 13.2 Å². The maximum Gasteiger partial charge on any atom is 0.242 e. The van der Waals surface area contributed by atoms with Gasteiger partial charge in [0.15, 0.2) is 0 Å². The molecule has 0 fully saturated rings. The summed E-state index contributed by atoms with van der Waals surface area (Å²) in [5, 5.41) is 3.45. The van der Waals surface area contributed by atoms with Crippen molar-refractivity contribution in [3.05, 3.63) is 52.5 Å². The van der Waals surface area contributed by atoms with Gasteiger partial charge in [0, 0.05) is 10.0 Å². The fraction of sp³-hybridized carbons (Fsp3) is 0.235. The Hall–Kier alpha value is -1.80. The molecule has 0 bridgehead atoms. The topological polar surface area (TPSA) is 84.5 Å². The first-order valence-electron chi connectivity index (χ1n) is 7.74. The molecule has 0 radical (unpaired) electrons. The Kier molecular flexibility index (Phi) is 6.88. The first-order valence-corrected chi connectivity index (χ1v) is 9.98. The molecule has 1 amide bonds. The molecule has 0 aliphatic carbocycles. The van der Waals surface area contributed by atoms with Crippen LogP contribution < -0.4 is 14.8 Å². The SMILES string of the molecule is CCOc1ccc(Cl)cc1NC(=O)[C@H](C)NS(=O)(=O)c1ccc(Cl)cc1. The second kappa shape index (κ2) is 8.73. The lowest BCUT2D eigenvalue weighted by atomic mass is 10.2. The van der Waals surface area contributed by atoms with Crippen LogP contribution in [0.2, 0.25) is 10.0 Å². The van der Waals surface area contributed by atoms with Gasteiger partial charge in [0.25, 0.3) is 0 Å². The van der Waals surface area contributed by atoms with Crippen LogP contribution in [0.15, 0.2) is 47.4 Å². The summed E-state index contributed by atoms with van der Waals surface area (Å²) < 4.78 is 32.5. The van der Waals surface area contributed by atoms with Crippen LogP contribution in [-0.2, 0) is 14.8 Å². The fourth-order valence-electron chi connectivity index (χ4n) is 2.09. The molecule has 0 unspecified atom stereocenters. The second-order valence-corrected chi connectivity index (χ2v) is 7.95. The third kappa shape index (κ3) is 5.35. The number of benzene rings is 2. The number of amides is 1. The smallest absolute Gasteiger partial charge is 0.242 e. The van der Waals surface area contributed by atoms with E-state index in [0.29, 0.717) is 28.1 Å². The molecule has 0 aliphatic rings. The Morgan fingerprint density at radius 3 is 2.35 bits per heavy atom. The van der Waals surface area contributed by atoms with Crippen molar-refractivity contribution < 1.29 is 17.9 Å². The lowest BCUT2D eigenvalue weighted by Gasteiger charge is -2.16. The zero-order chi connectivity index (χ0) is 19.3. The third-order valence-electron chi connectivity index (χ3n) is 3.35. The van der Waals surface area contributed by atoms with Crippen molar-refractivity contribution in [1.29, 1.82) is 0 Å². The zero-order valence-corrected chi connectivity index (χ0v) is 16.5. The van der Waals surface area contributed by atoms with Gasteiger partial charge in [-0.2, -0.15) is 4.72 Å². The minimum Gasteiger partial charge on any atom is -0.492 e. The number of hydrogen-bond acceptors (Lipinski definition) is 4. The molecular formula is C17H18Cl2N2O4S. The van der Waals surface area contributed by atoms with Gasteiger partial charge in [-0.3, -0.25) is 4.79 Å². The number of carbonyl (C=O) groups excluding carboxylic acids is 1. The lowest BCUT2D eigenvalue weighted by molar-refractivity contribution is -0.117. The third-order valence-corrected chi connectivity index (χ3v) is 5.39. The molecule has 0 heterocycles. The van der Waals surface area contributed by atoms with Gasteiger partial charge >= 0.3 is 0 Å². The minimum atomic E-state index is -3.87. The average Bonchev–Trinajstić information content (AvgIpc) is 2.57. The molecule has 2 aromatic carbocycles. The van der Waals surface area contributed by atoms with Crippen molar-refractivity contribution in [2.75, 3.05) is 11.9 Å². The summed E-state index contributed by atoms with van der Waals surface area (Å²) in [6.45, 7) is 3.65. The number of rotatable bonds is 7. The van der Waals surface area contributed by atoms with Crippen molar-refractivity contribution in [2.45, 2.75) is 24.8 Å². The van der Waals surface area contributed by atoms with Crippen molar-refractivity contribution in [2.24, 2.45) is 0 Å². The van der Waals surface area contributed by atoms with Gasteiger partial charge in [0.2, 0.25) is 15.9 Å². The fourth-order valence-corrected chi connectivity index (χ4v) is 3.59. The molecular weight excluding hydrogens is 399 g/mol. The summed E-state index contributed by atoms with van der Waals surface area (Å²) in [5.41, 5.74) is 0.363. The van der Waals surface area contributed by atoms with E-state index in [1.165, 1.54) is 37.3 Å². The van der Waals surface area contributed by atoms with Crippen LogP contribution in [0, 0.1) is 0 Å². The van der Waals surface area contributed by atoms with Crippen LogP contribution in [0.1, 0.15) is 13.8 Å². The number of ether oxygens (including phenoxy) is 1. The van der Waals surface area contributed by atoms with Gasteiger partial charge in [-0.15, -0.1) is 0 Å². The number of anilines is 1. The molecule has 2 N–H and O–H groups in total. The highest BCUT2D eigenvalue weighted by atomic mass is 35.5. The summed E-state index contributed by atoms with van der Waals surface area (Å²) in [4.78, 5) is 12.4. The van der Waals surface area contributed by atoms with E-state index < -0.39 is 22.0 Å². The van der Waals surface area contributed by atoms with Gasteiger partial charge in [-0.1, -0.05) is 23.2 Å². The Labute approximate surface area is 162 Å². The van der Waals surface area contributed by atoms with Crippen LogP contribution in [-0.4, -0.2) is 27.0 Å². The van der Waals surface area contributed by atoms with Crippen LogP contribution in [0.4, 0.5) is 5.69 Å². The highest BCUT2D eigenvalue weighted by molar-refractivity contribution is 7.89. The molecule has 140 valence electrons. The van der Waals surface area contributed by atoms with E-state index in [1.807, 2.05) is 6.92 Å².